The normalized spacial score (nSPS) is 29.0. The molecule has 2 heterocycles. The second-order valence-corrected chi connectivity index (χ2v) is 11.0. The van der Waals surface area contributed by atoms with Crippen molar-refractivity contribution in [3.8, 4) is 11.8 Å². The Labute approximate surface area is 179 Å². The number of sulfonamides is 1. The predicted octanol–water partition coefficient (Wildman–Crippen LogP) is 2.69. The number of pyridine rings is 1. The minimum absolute atomic E-state index is 0.0432. The van der Waals surface area contributed by atoms with Gasteiger partial charge in [-0.15, -0.1) is 11.8 Å². The van der Waals surface area contributed by atoms with Crippen molar-refractivity contribution >= 4 is 10.0 Å². The van der Waals surface area contributed by atoms with Gasteiger partial charge < -0.3 is 9.30 Å². The number of aryl methyl sites for hydroxylation is 2. The van der Waals surface area contributed by atoms with E-state index in [1.807, 2.05) is 26.0 Å². The van der Waals surface area contributed by atoms with Crippen molar-refractivity contribution in [3.05, 3.63) is 33.7 Å². The van der Waals surface area contributed by atoms with E-state index in [1.165, 1.54) is 0 Å². The van der Waals surface area contributed by atoms with Crippen LogP contribution in [0.4, 0.5) is 0 Å². The molecule has 0 amide bonds. The zero-order valence-corrected chi connectivity index (χ0v) is 18.7. The van der Waals surface area contributed by atoms with Gasteiger partial charge in [0.1, 0.15) is 0 Å². The lowest BCUT2D eigenvalue weighted by Gasteiger charge is -2.37. The van der Waals surface area contributed by atoms with E-state index >= 15 is 0 Å². The highest BCUT2D eigenvalue weighted by Gasteiger charge is 2.40. The first kappa shape index (κ1) is 21.6. The number of ether oxygens (including phenoxy) is 1. The van der Waals surface area contributed by atoms with Gasteiger partial charge in [-0.25, -0.2) is 13.1 Å². The first-order chi connectivity index (χ1) is 14.4. The molecule has 2 atom stereocenters. The van der Waals surface area contributed by atoms with Crippen LogP contribution in [0.25, 0.3) is 0 Å². The largest absolute Gasteiger partial charge is 0.376 e. The molecule has 164 valence electrons. The van der Waals surface area contributed by atoms with Crippen LogP contribution in [-0.4, -0.2) is 37.0 Å². The van der Waals surface area contributed by atoms with Crippen molar-refractivity contribution < 1.29 is 13.2 Å². The summed E-state index contributed by atoms with van der Waals surface area (Å²) < 4.78 is 36.2. The highest BCUT2D eigenvalue weighted by Crippen LogP contribution is 2.32. The Kier molecular flexibility index (Phi) is 6.38. The van der Waals surface area contributed by atoms with Crippen molar-refractivity contribution in [2.75, 3.05) is 6.61 Å². The van der Waals surface area contributed by atoms with Crippen LogP contribution in [0.1, 0.15) is 69.2 Å². The number of hydrogen-bond acceptors (Lipinski definition) is 4. The molecule has 0 bridgehead atoms. The molecule has 2 aliphatic carbocycles. The van der Waals surface area contributed by atoms with Crippen molar-refractivity contribution in [1.82, 2.24) is 9.29 Å². The van der Waals surface area contributed by atoms with Gasteiger partial charge in [-0.1, -0.05) is 6.07 Å². The van der Waals surface area contributed by atoms with E-state index in [-0.39, 0.29) is 29.0 Å². The molecule has 4 rings (SSSR count). The molecule has 1 N–H and O–H groups in total. The second-order valence-electron chi connectivity index (χ2n) is 8.96. The topological polar surface area (TPSA) is 77.4 Å². The lowest BCUT2D eigenvalue weighted by atomic mass is 9.88. The summed E-state index contributed by atoms with van der Waals surface area (Å²) in [6, 6.07) is 3.22. The fourth-order valence-corrected chi connectivity index (χ4v) is 6.41. The van der Waals surface area contributed by atoms with E-state index in [1.54, 1.807) is 4.57 Å². The average Bonchev–Trinajstić information content (AvgIpc) is 3.57. The Morgan fingerprint density at radius 1 is 1.13 bits per heavy atom. The number of rotatable bonds is 6. The molecule has 6 nitrogen and oxygen atoms in total. The number of aromatic nitrogens is 1. The van der Waals surface area contributed by atoms with Crippen molar-refractivity contribution in [2.45, 2.75) is 88.7 Å². The van der Waals surface area contributed by atoms with Crippen LogP contribution in [0.5, 0.6) is 0 Å². The summed E-state index contributed by atoms with van der Waals surface area (Å²) in [4.78, 5) is 13.0. The van der Waals surface area contributed by atoms with E-state index < -0.39 is 10.0 Å². The molecule has 0 saturated heterocycles. The molecule has 2 saturated carbocycles. The van der Waals surface area contributed by atoms with E-state index in [4.69, 9.17) is 4.74 Å². The van der Waals surface area contributed by atoms with E-state index in [2.05, 4.69) is 16.6 Å². The first-order valence-corrected chi connectivity index (χ1v) is 12.7. The number of nitrogens with zero attached hydrogens (tertiary/aromatic N) is 1. The third-order valence-corrected chi connectivity index (χ3v) is 8.68. The molecule has 3 aliphatic rings. The van der Waals surface area contributed by atoms with Crippen LogP contribution in [-0.2, 0) is 21.2 Å². The fourth-order valence-electron chi connectivity index (χ4n) is 4.76. The standard InChI is InChI=1S/C23H32N2O4S/c1-3-4-17-6-10-19(11-7-17)29-15-22-21(24-30(27,28)20-12-13-20)14-9-18-8-5-16(2)23(26)25(18)22/h5,8,17,19-22,24H,6-7,9-15H2,1-2H3/t17?,19?,21-,22+/m0/s1. The van der Waals surface area contributed by atoms with Gasteiger partial charge in [0.2, 0.25) is 10.0 Å². The summed E-state index contributed by atoms with van der Waals surface area (Å²) in [6.07, 6.45) is 6.94. The molecule has 2 fully saturated rings. The van der Waals surface area contributed by atoms with Gasteiger partial charge in [-0.3, -0.25) is 4.79 Å². The average molecular weight is 433 g/mol. The van der Waals surface area contributed by atoms with Crippen molar-refractivity contribution in [3.63, 3.8) is 0 Å². The molecule has 0 aromatic carbocycles. The van der Waals surface area contributed by atoms with Crippen LogP contribution in [0.15, 0.2) is 16.9 Å². The third kappa shape index (κ3) is 4.66. The summed E-state index contributed by atoms with van der Waals surface area (Å²) in [7, 11) is -3.34. The Bertz CT molecular complexity index is 992. The minimum Gasteiger partial charge on any atom is -0.376 e. The van der Waals surface area contributed by atoms with Crippen LogP contribution in [0, 0.1) is 24.7 Å². The molecular formula is C23H32N2O4S. The Hall–Kier alpha value is -1.62. The number of hydrogen-bond donors (Lipinski definition) is 1. The third-order valence-electron chi connectivity index (χ3n) is 6.70. The van der Waals surface area contributed by atoms with Crippen molar-refractivity contribution in [2.24, 2.45) is 5.92 Å². The molecule has 0 spiro atoms. The maximum absolute atomic E-state index is 13.0. The molecule has 1 aromatic heterocycles. The maximum Gasteiger partial charge on any atom is 0.254 e. The highest BCUT2D eigenvalue weighted by atomic mass is 32.2. The Morgan fingerprint density at radius 2 is 1.87 bits per heavy atom. The Balaban J connectivity index is 1.52. The van der Waals surface area contributed by atoms with Crippen LogP contribution in [0.2, 0.25) is 0 Å². The summed E-state index contributed by atoms with van der Waals surface area (Å²) in [5.74, 6) is 6.72. The Morgan fingerprint density at radius 3 is 2.53 bits per heavy atom. The van der Waals surface area contributed by atoms with Crippen molar-refractivity contribution in [1.29, 1.82) is 0 Å². The van der Waals surface area contributed by atoms with Crippen LogP contribution >= 0.6 is 0 Å². The van der Waals surface area contributed by atoms with Gasteiger partial charge in [-0.2, -0.15) is 0 Å². The van der Waals surface area contributed by atoms with Gasteiger partial charge >= 0.3 is 0 Å². The minimum atomic E-state index is -3.34. The van der Waals surface area contributed by atoms with E-state index in [9.17, 15) is 13.2 Å². The smallest absolute Gasteiger partial charge is 0.254 e. The van der Waals surface area contributed by atoms with Crippen LogP contribution in [0.3, 0.4) is 0 Å². The zero-order chi connectivity index (χ0) is 21.3. The fraction of sp³-hybridized carbons (Fsp3) is 0.696. The van der Waals surface area contributed by atoms with E-state index in [0.717, 1.165) is 44.2 Å². The number of fused-ring (bicyclic) bond motifs is 1. The van der Waals surface area contributed by atoms with Gasteiger partial charge in [0.25, 0.3) is 5.56 Å². The molecule has 1 aromatic rings. The second kappa shape index (κ2) is 8.86. The monoisotopic (exact) mass is 432 g/mol. The predicted molar refractivity (Wildman–Crippen MR) is 117 cm³/mol. The number of nitrogens with one attached hydrogen (secondary N) is 1. The molecule has 0 radical (unpaired) electrons. The van der Waals surface area contributed by atoms with Crippen LogP contribution < -0.4 is 10.3 Å². The van der Waals surface area contributed by atoms with Gasteiger partial charge in [0.05, 0.1) is 24.0 Å². The SMILES string of the molecule is CC#CC1CCC(OC[C@@H]2[C@@H](NS(=O)(=O)C3CC3)CCc3ccc(C)c(=O)n32)CC1. The first-order valence-electron chi connectivity index (χ1n) is 11.1. The quantitative estimate of drug-likeness (QED) is 0.701. The lowest BCUT2D eigenvalue weighted by molar-refractivity contribution is -0.00300. The highest BCUT2D eigenvalue weighted by molar-refractivity contribution is 7.90. The maximum atomic E-state index is 13.0. The summed E-state index contributed by atoms with van der Waals surface area (Å²) >= 11 is 0. The summed E-state index contributed by atoms with van der Waals surface area (Å²) in [5.41, 5.74) is 1.59. The van der Waals surface area contributed by atoms with Gasteiger partial charge in [0, 0.05) is 23.2 Å². The molecular weight excluding hydrogens is 400 g/mol. The molecule has 1 aliphatic heterocycles. The lowest BCUT2D eigenvalue weighted by Crippen LogP contribution is -2.50. The summed E-state index contributed by atoms with van der Waals surface area (Å²) in [5, 5.41) is -0.273. The van der Waals surface area contributed by atoms with Gasteiger partial charge in [0.15, 0.2) is 0 Å². The zero-order valence-electron chi connectivity index (χ0n) is 17.9. The molecule has 7 heteroatoms. The molecule has 0 unspecified atom stereocenters. The summed E-state index contributed by atoms with van der Waals surface area (Å²) in [6.45, 7) is 4.04. The van der Waals surface area contributed by atoms with E-state index in [0.29, 0.717) is 30.9 Å². The van der Waals surface area contributed by atoms with Gasteiger partial charge in [-0.05, 0) is 71.3 Å². The molecule has 30 heavy (non-hydrogen) atoms.